The van der Waals surface area contributed by atoms with E-state index in [1.54, 1.807) is 12.1 Å². The highest BCUT2D eigenvalue weighted by Crippen LogP contribution is 2.41. The summed E-state index contributed by atoms with van der Waals surface area (Å²) in [5, 5.41) is 13.9. The Kier molecular flexibility index (Phi) is 8.26. The minimum atomic E-state index is -0.581. The van der Waals surface area contributed by atoms with Gasteiger partial charge in [-0.3, -0.25) is 4.90 Å². The summed E-state index contributed by atoms with van der Waals surface area (Å²) < 4.78 is 17.1. The molecule has 1 atom stereocenters. The number of likely N-dealkylation sites (N-methyl/N-ethyl adjacent to an activating group) is 1. The maximum absolute atomic E-state index is 13.2. The van der Waals surface area contributed by atoms with Crippen LogP contribution in [-0.2, 0) is 11.2 Å². The van der Waals surface area contributed by atoms with E-state index in [1.165, 1.54) is 0 Å². The molecule has 0 radical (unpaired) electrons. The van der Waals surface area contributed by atoms with E-state index in [1.807, 2.05) is 71.8 Å². The predicted octanol–water partition coefficient (Wildman–Crippen LogP) is 5.85. The fourth-order valence-electron chi connectivity index (χ4n) is 4.73. The van der Waals surface area contributed by atoms with Crippen LogP contribution in [0.4, 0.5) is 4.79 Å². The molecule has 1 amide bonds. The van der Waals surface area contributed by atoms with Crippen molar-refractivity contribution < 1.29 is 18.8 Å². The Morgan fingerprint density at radius 2 is 1.97 bits per heavy atom. The van der Waals surface area contributed by atoms with Gasteiger partial charge in [0.15, 0.2) is 0 Å². The van der Waals surface area contributed by atoms with Crippen molar-refractivity contribution in [2.75, 3.05) is 27.2 Å². The summed E-state index contributed by atoms with van der Waals surface area (Å²) in [6, 6.07) is 13.3. The molecule has 4 rings (SSSR count). The molecule has 0 aliphatic heterocycles. The van der Waals surface area contributed by atoms with Gasteiger partial charge < -0.3 is 18.9 Å². The number of fused-ring (bicyclic) bond motifs is 1. The van der Waals surface area contributed by atoms with Crippen molar-refractivity contribution >= 4 is 6.09 Å². The second-order valence-electron chi connectivity index (χ2n) is 11.3. The van der Waals surface area contributed by atoms with Crippen molar-refractivity contribution in [2.45, 2.75) is 65.2 Å². The number of nitriles is 1. The van der Waals surface area contributed by atoms with Crippen molar-refractivity contribution in [1.82, 2.24) is 19.9 Å². The number of nitrogens with zero attached hydrogens (tertiary/aromatic N) is 5. The number of ether oxygens (including phenoxy) is 2. The molecule has 0 spiro atoms. The average molecular weight is 532 g/mol. The summed E-state index contributed by atoms with van der Waals surface area (Å²) >= 11 is 0. The van der Waals surface area contributed by atoms with Gasteiger partial charge in [-0.05, 0) is 90.9 Å². The zero-order valence-corrected chi connectivity index (χ0v) is 23.8. The van der Waals surface area contributed by atoms with Crippen LogP contribution in [0.15, 0.2) is 40.9 Å². The highest BCUT2D eigenvalue weighted by atomic mass is 16.6. The third-order valence-corrected chi connectivity index (χ3v) is 6.41. The molecule has 1 aromatic heterocycles. The van der Waals surface area contributed by atoms with Crippen LogP contribution in [-0.4, -0.2) is 64.9 Å². The number of carbonyl (C=O) groups excluding carboxylic acids is 1. The third-order valence-electron chi connectivity index (χ3n) is 6.41. The van der Waals surface area contributed by atoms with Gasteiger partial charge in [0.1, 0.15) is 17.4 Å². The SMILES string of the molecule is CC(C)Oc1ccc(-c2nc(-c3cccc4c3CCC4N(CCN(C)C)C(=O)OC(C)(C)C)no2)cc1C#N. The molecule has 9 heteroatoms. The highest BCUT2D eigenvalue weighted by Gasteiger charge is 2.35. The molecule has 0 fully saturated rings. The molecule has 0 bridgehead atoms. The van der Waals surface area contributed by atoms with Gasteiger partial charge in [-0.1, -0.05) is 23.4 Å². The van der Waals surface area contributed by atoms with Crippen molar-refractivity contribution in [2.24, 2.45) is 0 Å². The van der Waals surface area contributed by atoms with Crippen LogP contribution in [0, 0.1) is 11.3 Å². The average Bonchev–Trinajstić information content (AvgIpc) is 3.51. The lowest BCUT2D eigenvalue weighted by molar-refractivity contribution is 0.0146. The van der Waals surface area contributed by atoms with Gasteiger partial charge in [0, 0.05) is 24.2 Å². The lowest BCUT2D eigenvalue weighted by Gasteiger charge is -2.33. The van der Waals surface area contributed by atoms with Gasteiger partial charge in [-0.2, -0.15) is 10.2 Å². The number of carbonyl (C=O) groups is 1. The van der Waals surface area contributed by atoms with Crippen LogP contribution >= 0.6 is 0 Å². The number of hydrogen-bond acceptors (Lipinski definition) is 8. The first-order valence-electron chi connectivity index (χ1n) is 13.3. The van der Waals surface area contributed by atoms with Crippen LogP contribution in [0.2, 0.25) is 0 Å². The van der Waals surface area contributed by atoms with Crippen LogP contribution in [0.5, 0.6) is 5.75 Å². The molecule has 206 valence electrons. The van der Waals surface area contributed by atoms with Crippen molar-refractivity contribution in [3.63, 3.8) is 0 Å². The molecule has 0 saturated heterocycles. The van der Waals surface area contributed by atoms with E-state index in [0.717, 1.165) is 36.1 Å². The molecule has 2 aromatic carbocycles. The van der Waals surface area contributed by atoms with E-state index in [-0.39, 0.29) is 18.2 Å². The maximum Gasteiger partial charge on any atom is 0.410 e. The van der Waals surface area contributed by atoms with E-state index in [9.17, 15) is 10.1 Å². The largest absolute Gasteiger partial charge is 0.490 e. The van der Waals surface area contributed by atoms with Crippen LogP contribution in [0.1, 0.15) is 63.8 Å². The van der Waals surface area contributed by atoms with Gasteiger partial charge in [0.2, 0.25) is 5.82 Å². The van der Waals surface area contributed by atoms with E-state index >= 15 is 0 Å². The normalized spacial score (nSPS) is 14.8. The minimum Gasteiger partial charge on any atom is -0.490 e. The van der Waals surface area contributed by atoms with E-state index in [4.69, 9.17) is 14.0 Å². The number of hydrogen-bond donors (Lipinski definition) is 0. The topological polar surface area (TPSA) is 105 Å². The summed E-state index contributed by atoms with van der Waals surface area (Å²) in [4.78, 5) is 21.8. The summed E-state index contributed by atoms with van der Waals surface area (Å²) in [5.41, 5.74) is 3.53. The monoisotopic (exact) mass is 531 g/mol. The number of aromatic nitrogens is 2. The smallest absolute Gasteiger partial charge is 0.410 e. The summed E-state index contributed by atoms with van der Waals surface area (Å²) in [7, 11) is 3.98. The predicted molar refractivity (Wildman–Crippen MR) is 148 cm³/mol. The van der Waals surface area contributed by atoms with Gasteiger partial charge in [-0.25, -0.2) is 4.79 Å². The zero-order chi connectivity index (χ0) is 28.3. The van der Waals surface area contributed by atoms with E-state index in [2.05, 4.69) is 27.2 Å². The molecule has 1 heterocycles. The number of rotatable bonds is 8. The maximum atomic E-state index is 13.2. The summed E-state index contributed by atoms with van der Waals surface area (Å²) in [6.45, 7) is 10.8. The van der Waals surface area contributed by atoms with Crippen molar-refractivity contribution in [3.05, 3.63) is 53.1 Å². The molecule has 1 unspecified atom stereocenters. The lowest BCUT2D eigenvalue weighted by Crippen LogP contribution is -2.42. The van der Waals surface area contributed by atoms with E-state index in [0.29, 0.717) is 35.1 Å². The Morgan fingerprint density at radius 3 is 2.64 bits per heavy atom. The van der Waals surface area contributed by atoms with Crippen LogP contribution < -0.4 is 4.74 Å². The first-order valence-corrected chi connectivity index (χ1v) is 13.3. The Hall–Kier alpha value is -3.90. The van der Waals surface area contributed by atoms with Crippen molar-refractivity contribution in [1.29, 1.82) is 5.26 Å². The van der Waals surface area contributed by atoms with Crippen LogP contribution in [0.3, 0.4) is 0 Å². The molecule has 39 heavy (non-hydrogen) atoms. The Bertz CT molecular complexity index is 1370. The van der Waals surface area contributed by atoms with E-state index < -0.39 is 5.60 Å². The standard InChI is InChI=1S/C30H37N5O4/c1-19(2)37-26-14-11-20(17-21(26)18-31)28-32-27(33-39-28)24-10-8-9-23-22(24)12-13-25(23)35(16-15-34(6)7)29(36)38-30(3,4)5/h8-11,14,17,19,25H,12-13,15-16H2,1-7H3. The first kappa shape index (κ1) is 28.1. The summed E-state index contributed by atoms with van der Waals surface area (Å²) in [5.74, 6) is 1.32. The van der Waals surface area contributed by atoms with Gasteiger partial charge in [-0.15, -0.1) is 0 Å². The Balaban J connectivity index is 1.64. The van der Waals surface area contributed by atoms with Gasteiger partial charge in [0.25, 0.3) is 5.89 Å². The zero-order valence-electron chi connectivity index (χ0n) is 23.8. The quantitative estimate of drug-likeness (QED) is 0.357. The Morgan fingerprint density at radius 1 is 1.21 bits per heavy atom. The molecule has 3 aromatic rings. The summed E-state index contributed by atoms with van der Waals surface area (Å²) in [6.07, 6.45) is 1.21. The molecule has 0 N–H and O–H groups in total. The molecule has 1 aliphatic carbocycles. The fraction of sp³-hybridized carbons (Fsp3) is 0.467. The Labute approximate surface area is 230 Å². The molecule has 0 saturated carbocycles. The number of benzene rings is 2. The lowest BCUT2D eigenvalue weighted by atomic mass is 10.0. The molecular formula is C30H37N5O4. The third kappa shape index (κ3) is 6.58. The fourth-order valence-corrected chi connectivity index (χ4v) is 4.73. The second-order valence-corrected chi connectivity index (χ2v) is 11.3. The first-order chi connectivity index (χ1) is 18.5. The molecule has 1 aliphatic rings. The van der Waals surface area contributed by atoms with Crippen molar-refractivity contribution in [3.8, 4) is 34.7 Å². The molecular weight excluding hydrogens is 494 g/mol. The highest BCUT2D eigenvalue weighted by molar-refractivity contribution is 5.71. The van der Waals surface area contributed by atoms with Gasteiger partial charge >= 0.3 is 6.09 Å². The van der Waals surface area contributed by atoms with Gasteiger partial charge in [0.05, 0.1) is 17.7 Å². The molecule has 9 nitrogen and oxygen atoms in total. The second kappa shape index (κ2) is 11.5. The number of amides is 1. The van der Waals surface area contributed by atoms with Crippen LogP contribution in [0.25, 0.3) is 22.8 Å². The minimum absolute atomic E-state index is 0.0453.